The van der Waals surface area contributed by atoms with Crippen LogP contribution in [0.1, 0.15) is 70.4 Å². The average Bonchev–Trinajstić information content (AvgIpc) is 2.54. The van der Waals surface area contributed by atoms with Crippen molar-refractivity contribution in [3.63, 3.8) is 0 Å². The molecule has 0 unspecified atom stereocenters. The van der Waals surface area contributed by atoms with Crippen molar-refractivity contribution in [1.29, 1.82) is 0 Å². The highest BCUT2D eigenvalue weighted by Gasteiger charge is 2.23. The van der Waals surface area contributed by atoms with Crippen LogP contribution in [0.15, 0.2) is 18.3 Å². The molecule has 1 aliphatic rings. The number of pyridine rings is 1. The molecule has 0 saturated carbocycles. The third kappa shape index (κ3) is 4.99. The fraction of sp³-hybridized carbons (Fsp3) is 0.722. The molecule has 0 amide bonds. The number of hydrogen-bond acceptors (Lipinski definition) is 3. The summed E-state index contributed by atoms with van der Waals surface area (Å²) in [6.07, 6.45) is 11.1. The summed E-state index contributed by atoms with van der Waals surface area (Å²) >= 11 is 0. The van der Waals surface area contributed by atoms with E-state index in [0.717, 1.165) is 12.4 Å². The smallest absolute Gasteiger partial charge is 0.125 e. The molecule has 0 spiro atoms. The second-order valence-electron chi connectivity index (χ2n) is 6.16. The largest absolute Gasteiger partial charge is 0.370 e. The van der Waals surface area contributed by atoms with E-state index in [-0.39, 0.29) is 0 Å². The minimum absolute atomic E-state index is 0.586. The van der Waals surface area contributed by atoms with Gasteiger partial charge in [0, 0.05) is 18.8 Å². The monoisotopic (exact) mass is 289 g/mol. The molecule has 1 N–H and O–H groups in total. The Balaban J connectivity index is 1.95. The Bertz CT molecular complexity index is 388. The maximum atomic E-state index is 4.60. The van der Waals surface area contributed by atoms with Crippen molar-refractivity contribution in [2.24, 2.45) is 0 Å². The van der Waals surface area contributed by atoms with Crippen LogP contribution in [0, 0.1) is 0 Å². The third-order valence-corrected chi connectivity index (χ3v) is 4.42. The predicted octanol–water partition coefficient (Wildman–Crippen LogP) is 4.62. The Morgan fingerprint density at radius 2 is 2.05 bits per heavy atom. The quantitative estimate of drug-likeness (QED) is 0.708. The van der Waals surface area contributed by atoms with E-state index in [1.54, 1.807) is 0 Å². The first-order valence-electron chi connectivity index (χ1n) is 8.79. The number of unbranched alkanes of at least 4 members (excludes halogenated alkanes) is 2. The molecular weight excluding hydrogens is 258 g/mol. The minimum Gasteiger partial charge on any atom is -0.370 e. The van der Waals surface area contributed by atoms with E-state index >= 15 is 0 Å². The summed E-state index contributed by atoms with van der Waals surface area (Å²) in [5.41, 5.74) is 1.40. The lowest BCUT2D eigenvalue weighted by Crippen LogP contribution is -2.34. The van der Waals surface area contributed by atoms with Crippen molar-refractivity contribution in [1.82, 2.24) is 9.88 Å². The van der Waals surface area contributed by atoms with Gasteiger partial charge in [-0.1, -0.05) is 39.2 Å². The molecule has 1 saturated heterocycles. The molecule has 118 valence electrons. The molecule has 1 aromatic rings. The van der Waals surface area contributed by atoms with Gasteiger partial charge in [0.15, 0.2) is 0 Å². The van der Waals surface area contributed by atoms with E-state index in [4.69, 9.17) is 0 Å². The highest BCUT2D eigenvalue weighted by Crippen LogP contribution is 2.31. The second-order valence-corrected chi connectivity index (χ2v) is 6.16. The zero-order valence-electron chi connectivity index (χ0n) is 13.8. The van der Waals surface area contributed by atoms with Gasteiger partial charge in [-0.2, -0.15) is 0 Å². The third-order valence-electron chi connectivity index (χ3n) is 4.42. The summed E-state index contributed by atoms with van der Waals surface area (Å²) in [4.78, 5) is 7.26. The molecule has 0 bridgehead atoms. The van der Waals surface area contributed by atoms with Crippen LogP contribution < -0.4 is 5.32 Å². The highest BCUT2D eigenvalue weighted by atomic mass is 15.2. The number of hydrogen-bond donors (Lipinski definition) is 1. The number of rotatable bonds is 8. The second kappa shape index (κ2) is 9.04. The molecule has 0 aliphatic carbocycles. The van der Waals surface area contributed by atoms with E-state index in [9.17, 15) is 0 Å². The van der Waals surface area contributed by atoms with E-state index in [0.29, 0.717) is 6.04 Å². The van der Waals surface area contributed by atoms with Crippen molar-refractivity contribution >= 4 is 5.82 Å². The number of likely N-dealkylation sites (tertiary alicyclic amines) is 1. The summed E-state index contributed by atoms with van der Waals surface area (Å²) in [7, 11) is 0. The maximum absolute atomic E-state index is 4.60. The zero-order chi connectivity index (χ0) is 14.9. The molecule has 1 fully saturated rings. The Kier molecular flexibility index (Phi) is 7.01. The predicted molar refractivity (Wildman–Crippen MR) is 90.7 cm³/mol. The van der Waals surface area contributed by atoms with Crippen molar-refractivity contribution in [3.05, 3.63) is 23.9 Å². The van der Waals surface area contributed by atoms with Gasteiger partial charge in [-0.3, -0.25) is 4.90 Å². The topological polar surface area (TPSA) is 28.2 Å². The van der Waals surface area contributed by atoms with Crippen LogP contribution in [0.5, 0.6) is 0 Å². The van der Waals surface area contributed by atoms with Gasteiger partial charge >= 0.3 is 0 Å². The lowest BCUT2D eigenvalue weighted by atomic mass is 9.96. The van der Waals surface area contributed by atoms with Gasteiger partial charge in [-0.15, -0.1) is 0 Å². The van der Waals surface area contributed by atoms with Crippen LogP contribution >= 0.6 is 0 Å². The highest BCUT2D eigenvalue weighted by molar-refractivity contribution is 5.36. The molecule has 2 heterocycles. The normalized spacial score (nSPS) is 19.6. The standard InChI is InChI=1S/C18H31N3/c1-3-5-12-19-18-11-10-16(15-20-18)17-9-7-8-14-21(17)13-6-4-2/h10-11,15,17H,3-9,12-14H2,1-2H3,(H,19,20)/t17-/m0/s1. The molecular formula is C18H31N3. The first-order chi connectivity index (χ1) is 10.3. The van der Waals surface area contributed by atoms with Gasteiger partial charge in [0.25, 0.3) is 0 Å². The minimum atomic E-state index is 0.586. The van der Waals surface area contributed by atoms with E-state index in [1.165, 1.54) is 63.6 Å². The molecule has 3 heteroatoms. The molecule has 1 atom stereocenters. The molecule has 21 heavy (non-hydrogen) atoms. The fourth-order valence-corrected chi connectivity index (χ4v) is 3.10. The van der Waals surface area contributed by atoms with Gasteiger partial charge in [0.2, 0.25) is 0 Å². The molecule has 0 radical (unpaired) electrons. The van der Waals surface area contributed by atoms with Crippen LogP contribution in [0.4, 0.5) is 5.82 Å². The van der Waals surface area contributed by atoms with E-state index in [2.05, 4.69) is 47.4 Å². The number of piperidine rings is 1. The fourth-order valence-electron chi connectivity index (χ4n) is 3.10. The zero-order valence-corrected chi connectivity index (χ0v) is 13.8. The van der Waals surface area contributed by atoms with Crippen LogP contribution in [0.25, 0.3) is 0 Å². The summed E-state index contributed by atoms with van der Waals surface area (Å²) in [5.74, 6) is 1.02. The molecule has 1 aromatic heterocycles. The number of nitrogens with zero attached hydrogens (tertiary/aromatic N) is 2. The Labute approximate surface area is 130 Å². The van der Waals surface area contributed by atoms with Crippen LogP contribution in [0.3, 0.4) is 0 Å². The summed E-state index contributed by atoms with van der Waals surface area (Å²) in [5, 5.41) is 3.40. The van der Waals surface area contributed by atoms with Gasteiger partial charge in [-0.05, 0) is 50.4 Å². The molecule has 3 nitrogen and oxygen atoms in total. The average molecular weight is 289 g/mol. The van der Waals surface area contributed by atoms with Crippen molar-refractivity contribution in [2.45, 2.75) is 64.8 Å². The van der Waals surface area contributed by atoms with Crippen LogP contribution in [-0.2, 0) is 0 Å². The first-order valence-corrected chi connectivity index (χ1v) is 8.79. The Morgan fingerprint density at radius 3 is 2.76 bits per heavy atom. The molecule has 1 aliphatic heterocycles. The SMILES string of the molecule is CCCCNc1ccc([C@@H]2CCCCN2CCCC)cn1. The molecule has 0 aromatic carbocycles. The van der Waals surface area contributed by atoms with E-state index in [1.807, 2.05) is 0 Å². The van der Waals surface area contributed by atoms with Crippen molar-refractivity contribution < 1.29 is 0 Å². The van der Waals surface area contributed by atoms with Crippen LogP contribution in [-0.4, -0.2) is 29.5 Å². The van der Waals surface area contributed by atoms with Crippen molar-refractivity contribution in [3.8, 4) is 0 Å². The van der Waals surface area contributed by atoms with Gasteiger partial charge in [0.1, 0.15) is 5.82 Å². The van der Waals surface area contributed by atoms with Gasteiger partial charge in [0.05, 0.1) is 0 Å². The lowest BCUT2D eigenvalue weighted by Gasteiger charge is -2.36. The lowest BCUT2D eigenvalue weighted by molar-refractivity contribution is 0.146. The van der Waals surface area contributed by atoms with Gasteiger partial charge in [-0.25, -0.2) is 4.98 Å². The first kappa shape index (κ1) is 16.3. The van der Waals surface area contributed by atoms with Crippen LogP contribution in [0.2, 0.25) is 0 Å². The maximum Gasteiger partial charge on any atom is 0.125 e. The number of aromatic nitrogens is 1. The number of anilines is 1. The summed E-state index contributed by atoms with van der Waals surface area (Å²) < 4.78 is 0. The summed E-state index contributed by atoms with van der Waals surface area (Å²) in [6, 6.07) is 5.01. The summed E-state index contributed by atoms with van der Waals surface area (Å²) in [6.45, 7) is 8.00. The van der Waals surface area contributed by atoms with Crippen molar-refractivity contribution in [2.75, 3.05) is 25.0 Å². The van der Waals surface area contributed by atoms with Gasteiger partial charge < -0.3 is 5.32 Å². The number of nitrogens with one attached hydrogen (secondary N) is 1. The van der Waals surface area contributed by atoms with E-state index < -0.39 is 0 Å². The Hall–Kier alpha value is -1.09. The Morgan fingerprint density at radius 1 is 1.19 bits per heavy atom. The molecule has 2 rings (SSSR count).